The fraction of sp³-hybridized carbons (Fsp3) is 0.476. The highest BCUT2D eigenvalue weighted by atomic mass is 35.5. The number of alkyl halides is 8. The molecule has 0 spiro atoms. The molecule has 0 saturated heterocycles. The van der Waals surface area contributed by atoms with Gasteiger partial charge in [0.25, 0.3) is 10.1 Å². The van der Waals surface area contributed by atoms with Gasteiger partial charge in [0.15, 0.2) is 8.67 Å². The number of benzene rings is 1. The van der Waals surface area contributed by atoms with E-state index in [0.717, 1.165) is 12.1 Å². The van der Waals surface area contributed by atoms with Gasteiger partial charge in [0, 0.05) is 23.7 Å². The summed E-state index contributed by atoms with van der Waals surface area (Å²) in [4.78, 5) is 3.26. The molecular formula is C21H8Cl12O5S. The van der Waals surface area contributed by atoms with Gasteiger partial charge in [0.1, 0.15) is 24.4 Å². The van der Waals surface area contributed by atoms with Crippen molar-refractivity contribution in [2.45, 2.75) is 44.9 Å². The average molecular weight is 798 g/mol. The van der Waals surface area contributed by atoms with Crippen LogP contribution in [0.15, 0.2) is 37.2 Å². The maximum atomic E-state index is 12.3. The topological polar surface area (TPSA) is 91.7 Å². The molecule has 0 heterocycles. The minimum atomic E-state index is -5.11. The van der Waals surface area contributed by atoms with Crippen LogP contribution in [-0.4, -0.2) is 52.2 Å². The number of aromatic carboxylic acids is 1. The third kappa shape index (κ3) is 2.87. The van der Waals surface area contributed by atoms with Crippen molar-refractivity contribution in [2.75, 3.05) is 0 Å². The highest BCUT2D eigenvalue weighted by Crippen LogP contribution is 2.88. The first-order valence-corrected chi connectivity index (χ1v) is 16.5. The van der Waals surface area contributed by atoms with Crippen molar-refractivity contribution < 1.29 is 22.9 Å². The molecule has 39 heavy (non-hydrogen) atoms. The number of rotatable bonds is 2. The van der Waals surface area contributed by atoms with Crippen LogP contribution in [0, 0.1) is 11.8 Å². The molecule has 1 aromatic rings. The number of carboxylic acids is 1. The second-order valence-electron chi connectivity index (χ2n) is 10.0. The van der Waals surface area contributed by atoms with Gasteiger partial charge in [-0.3, -0.25) is 4.55 Å². The zero-order valence-electron chi connectivity index (χ0n) is 18.0. The standard InChI is InChI=1S/C21H8Cl12O5S/c22-11-13(24)18(28)9-7(16(11,26)20(18,30)31)3-1-5(15(34)35)6(39(36,37)38)2-4(3)8-10(9)19(29)14(25)12(23)17(8,27)21(19,32)33/h1-2,7-10H,(H,34,35)(H,36,37,38)/t7-,8-,9+,10-,16-,17-,18-,19-/m1/s1. The van der Waals surface area contributed by atoms with Gasteiger partial charge < -0.3 is 5.11 Å². The number of carbonyl (C=O) groups is 1. The average Bonchev–Trinajstić information content (AvgIpc) is 3.16. The molecule has 5 aliphatic rings. The Labute approximate surface area is 281 Å². The lowest BCUT2D eigenvalue weighted by Crippen LogP contribution is -2.53. The number of hydrogen-bond acceptors (Lipinski definition) is 3. The van der Waals surface area contributed by atoms with Crippen LogP contribution in [0.2, 0.25) is 0 Å². The summed E-state index contributed by atoms with van der Waals surface area (Å²) >= 11 is 82.7. The van der Waals surface area contributed by atoms with Crippen LogP contribution in [0.25, 0.3) is 0 Å². The summed E-state index contributed by atoms with van der Waals surface area (Å²) in [7, 11) is -5.11. The van der Waals surface area contributed by atoms with E-state index < -0.39 is 78.4 Å². The number of halogens is 12. The fourth-order valence-corrected chi connectivity index (χ4v) is 14.1. The molecule has 2 N–H and O–H groups in total. The Balaban J connectivity index is 1.84. The maximum absolute atomic E-state index is 12.3. The predicted molar refractivity (Wildman–Crippen MR) is 156 cm³/mol. The van der Waals surface area contributed by atoms with Crippen molar-refractivity contribution >= 4 is 155 Å². The highest BCUT2D eigenvalue weighted by Gasteiger charge is 2.91. The molecule has 5 nitrogen and oxygen atoms in total. The fourth-order valence-electron chi connectivity index (χ4n) is 7.31. The molecule has 5 aliphatic carbocycles. The monoisotopic (exact) mass is 792 g/mol. The maximum Gasteiger partial charge on any atom is 0.337 e. The Kier molecular flexibility index (Phi) is 6.45. The molecule has 0 amide bonds. The van der Waals surface area contributed by atoms with Crippen molar-refractivity contribution in [1.29, 1.82) is 0 Å². The third-order valence-electron chi connectivity index (χ3n) is 8.74. The van der Waals surface area contributed by atoms with Crippen LogP contribution < -0.4 is 0 Å². The summed E-state index contributed by atoms with van der Waals surface area (Å²) in [6.07, 6.45) is 0. The second-order valence-corrected chi connectivity index (χ2v) is 18.0. The van der Waals surface area contributed by atoms with E-state index in [-0.39, 0.29) is 31.3 Å². The smallest absolute Gasteiger partial charge is 0.337 e. The minimum Gasteiger partial charge on any atom is -0.478 e. The molecule has 4 bridgehead atoms. The van der Waals surface area contributed by atoms with E-state index >= 15 is 0 Å². The Bertz CT molecular complexity index is 1620. The Morgan fingerprint density at radius 2 is 1.00 bits per heavy atom. The Hall–Kier alpha value is 1.56. The molecule has 18 heteroatoms. The molecule has 2 saturated carbocycles. The second kappa shape index (κ2) is 8.23. The largest absolute Gasteiger partial charge is 0.478 e. The lowest BCUT2D eigenvalue weighted by atomic mass is 9.57. The van der Waals surface area contributed by atoms with Gasteiger partial charge >= 0.3 is 5.97 Å². The summed E-state index contributed by atoms with van der Waals surface area (Å²) in [5.41, 5.74) is -0.688. The predicted octanol–water partition coefficient (Wildman–Crippen LogP) is 8.74. The molecule has 0 aliphatic heterocycles. The van der Waals surface area contributed by atoms with Crippen molar-refractivity contribution in [3.63, 3.8) is 0 Å². The van der Waals surface area contributed by atoms with E-state index in [1.807, 2.05) is 0 Å². The number of fused-ring (bicyclic) bond motifs is 14. The van der Waals surface area contributed by atoms with Crippen molar-refractivity contribution in [2.24, 2.45) is 11.8 Å². The first-order chi connectivity index (χ1) is 17.5. The molecule has 6 rings (SSSR count). The van der Waals surface area contributed by atoms with E-state index in [1.54, 1.807) is 0 Å². The van der Waals surface area contributed by atoms with E-state index in [4.69, 9.17) is 139 Å². The summed E-state index contributed by atoms with van der Waals surface area (Å²) in [6.45, 7) is 0. The van der Waals surface area contributed by atoms with Gasteiger partial charge in [-0.2, -0.15) is 8.42 Å². The summed E-state index contributed by atoms with van der Waals surface area (Å²) in [5.74, 6) is -6.33. The first kappa shape index (κ1) is 30.6. The minimum absolute atomic E-state index is 0.0296. The van der Waals surface area contributed by atoms with Crippen LogP contribution in [0.1, 0.15) is 33.3 Å². The quantitative estimate of drug-likeness (QED) is 0.231. The van der Waals surface area contributed by atoms with Crippen molar-refractivity contribution in [3.05, 3.63) is 49.0 Å². The lowest BCUT2D eigenvalue weighted by Gasteiger charge is -2.52. The van der Waals surface area contributed by atoms with E-state index in [0.29, 0.717) is 0 Å². The highest BCUT2D eigenvalue weighted by molar-refractivity contribution is 7.86. The van der Waals surface area contributed by atoms with Crippen LogP contribution in [0.3, 0.4) is 0 Å². The van der Waals surface area contributed by atoms with E-state index in [9.17, 15) is 22.9 Å². The van der Waals surface area contributed by atoms with Gasteiger partial charge in [-0.15, -0.1) is 46.4 Å². The molecule has 212 valence electrons. The van der Waals surface area contributed by atoms with Crippen LogP contribution >= 0.6 is 139 Å². The molecule has 8 atom stereocenters. The van der Waals surface area contributed by atoms with Gasteiger partial charge in [0.05, 0.1) is 25.7 Å². The molecule has 0 radical (unpaired) electrons. The summed E-state index contributed by atoms with van der Waals surface area (Å²) in [6, 6.07) is 1.92. The summed E-state index contributed by atoms with van der Waals surface area (Å²) in [5, 5.41) is 9.02. The Morgan fingerprint density at radius 3 is 1.33 bits per heavy atom. The van der Waals surface area contributed by atoms with Crippen LogP contribution in [-0.2, 0) is 10.1 Å². The molecule has 2 fully saturated rings. The zero-order valence-corrected chi connectivity index (χ0v) is 27.9. The molecule has 1 aromatic carbocycles. The molecule has 0 aromatic heterocycles. The Morgan fingerprint density at radius 1 is 0.667 bits per heavy atom. The number of hydrogen-bond donors (Lipinski definition) is 2. The lowest BCUT2D eigenvalue weighted by molar-refractivity contribution is 0.0691. The zero-order chi connectivity index (χ0) is 29.4. The van der Waals surface area contributed by atoms with Crippen molar-refractivity contribution in [1.82, 2.24) is 0 Å². The SMILES string of the molecule is O=C(O)c1cc2c(cc1S(=O)(=O)O)[C@@H]1[C@H]([C@@H]3[C@@H]2[C@@]2(Cl)C(Cl)=C(Cl)[C@@]3(Cl)C2(Cl)Cl)[C@@]2(Cl)C(Cl)=C(Cl)[C@@]1(Cl)C2(Cl)Cl. The number of allylic oxidation sites excluding steroid dienone is 4. The van der Waals surface area contributed by atoms with Gasteiger partial charge in [-0.05, 0) is 23.3 Å². The molecule has 0 unspecified atom stereocenters. The van der Waals surface area contributed by atoms with Gasteiger partial charge in [-0.25, -0.2) is 4.79 Å². The summed E-state index contributed by atoms with van der Waals surface area (Å²) < 4.78 is 30.3. The third-order valence-corrected chi connectivity index (χ3v) is 18.2. The van der Waals surface area contributed by atoms with E-state index in [1.165, 1.54) is 0 Å². The molecular weight excluding hydrogens is 790 g/mol. The van der Waals surface area contributed by atoms with Gasteiger partial charge in [-0.1, -0.05) is 92.8 Å². The number of carboxylic acid groups (broad SMARTS) is 1. The van der Waals surface area contributed by atoms with Crippen LogP contribution in [0.5, 0.6) is 0 Å². The van der Waals surface area contributed by atoms with Crippen LogP contribution in [0.4, 0.5) is 0 Å². The van der Waals surface area contributed by atoms with E-state index in [2.05, 4.69) is 0 Å². The van der Waals surface area contributed by atoms with Crippen molar-refractivity contribution in [3.8, 4) is 0 Å². The normalized spacial score (nSPS) is 44.5. The first-order valence-electron chi connectivity index (χ1n) is 10.6. The van der Waals surface area contributed by atoms with Gasteiger partial charge in [0.2, 0.25) is 0 Å².